The van der Waals surface area contributed by atoms with Crippen molar-refractivity contribution >= 4 is 21.7 Å². The summed E-state index contributed by atoms with van der Waals surface area (Å²) < 4.78 is 0. The molecule has 0 aliphatic heterocycles. The zero-order valence-corrected chi connectivity index (χ0v) is 32.9. The lowest BCUT2D eigenvalue weighted by atomic mass is 9.82. The van der Waals surface area contributed by atoms with E-state index in [-0.39, 0.29) is 5.41 Å². The maximum absolute atomic E-state index is 5.35. The summed E-state index contributed by atoms with van der Waals surface area (Å²) in [4.78, 5) is 15.8. The minimum absolute atomic E-state index is 0.122. The van der Waals surface area contributed by atoms with E-state index in [1.165, 1.54) is 27.6 Å². The van der Waals surface area contributed by atoms with Crippen molar-refractivity contribution in [2.24, 2.45) is 0 Å². The van der Waals surface area contributed by atoms with E-state index in [0.717, 1.165) is 77.9 Å². The van der Waals surface area contributed by atoms with Gasteiger partial charge in [-0.3, -0.25) is 0 Å². The summed E-state index contributed by atoms with van der Waals surface area (Å²) >= 11 is 0. The van der Waals surface area contributed by atoms with Crippen LogP contribution in [0.2, 0.25) is 0 Å². The van der Waals surface area contributed by atoms with Crippen molar-refractivity contribution in [3.8, 4) is 78.5 Å². The van der Waals surface area contributed by atoms with E-state index < -0.39 is 0 Å². The molecule has 11 rings (SSSR count). The monoisotopic (exact) mass is 753 g/mol. The fraction of sp³-hybridized carbons (Fsp3) is 0.0536. The van der Waals surface area contributed by atoms with Crippen LogP contribution >= 0.6 is 0 Å². The molecule has 0 atom stereocenters. The van der Waals surface area contributed by atoms with Crippen LogP contribution in [0.3, 0.4) is 0 Å². The Kier molecular flexibility index (Phi) is 8.16. The molecule has 1 aliphatic carbocycles. The highest BCUT2D eigenvalue weighted by atomic mass is 14.9. The van der Waals surface area contributed by atoms with Gasteiger partial charge in [-0.1, -0.05) is 172 Å². The number of fused-ring (bicyclic) bond motifs is 5. The standard InChI is InChI=1S/C56H39N3/c1-56(2)49-28-15-14-27-44(49)47-32-48-46(33-51(36-17-6-3-7-18-36)57-54(48)34-50(47)56)41-25-16-24-40(29-41)45-31-42(30-39-23-12-13-26-43(39)45)55-58-52(37-19-8-4-9-20-37)35-53(59-55)38-21-10-5-11-22-38/h3-35H,1-2H3. The predicted octanol–water partition coefficient (Wildman–Crippen LogP) is 14.5. The van der Waals surface area contributed by atoms with Gasteiger partial charge in [-0.15, -0.1) is 0 Å². The number of rotatable bonds is 6. The van der Waals surface area contributed by atoms with Crippen molar-refractivity contribution in [2.75, 3.05) is 0 Å². The first-order valence-electron chi connectivity index (χ1n) is 20.3. The Balaban J connectivity index is 1.11. The fourth-order valence-corrected chi connectivity index (χ4v) is 9.04. The first-order chi connectivity index (χ1) is 29.0. The molecule has 8 aromatic carbocycles. The quantitative estimate of drug-likeness (QED) is 0.170. The van der Waals surface area contributed by atoms with Gasteiger partial charge in [0.1, 0.15) is 0 Å². The number of benzene rings is 8. The average molecular weight is 754 g/mol. The molecule has 0 bridgehead atoms. The number of nitrogens with zero attached hydrogens (tertiary/aromatic N) is 3. The van der Waals surface area contributed by atoms with E-state index in [9.17, 15) is 0 Å². The van der Waals surface area contributed by atoms with Crippen LogP contribution in [0.25, 0.3) is 100 Å². The SMILES string of the molecule is CC1(C)c2ccccc2-c2cc3c(-c4cccc(-c5cc(-c6nc(-c7ccccc7)cc(-c7ccccc7)n6)cc6ccccc56)c4)cc(-c4ccccc4)nc3cc21. The van der Waals surface area contributed by atoms with Gasteiger partial charge in [0.05, 0.1) is 22.6 Å². The van der Waals surface area contributed by atoms with E-state index in [1.807, 2.05) is 12.1 Å². The molecule has 3 nitrogen and oxygen atoms in total. The zero-order chi connectivity index (χ0) is 39.5. The Morgan fingerprint density at radius 3 is 1.53 bits per heavy atom. The molecule has 59 heavy (non-hydrogen) atoms. The second kappa shape index (κ2) is 13.9. The third-order valence-corrected chi connectivity index (χ3v) is 12.1. The van der Waals surface area contributed by atoms with E-state index >= 15 is 0 Å². The molecule has 10 aromatic rings. The minimum Gasteiger partial charge on any atom is -0.248 e. The largest absolute Gasteiger partial charge is 0.248 e. The lowest BCUT2D eigenvalue weighted by molar-refractivity contribution is 0.661. The second-order valence-corrected chi connectivity index (χ2v) is 16.0. The lowest BCUT2D eigenvalue weighted by Crippen LogP contribution is -2.14. The topological polar surface area (TPSA) is 38.7 Å². The Morgan fingerprint density at radius 2 is 0.864 bits per heavy atom. The maximum Gasteiger partial charge on any atom is 0.160 e. The zero-order valence-electron chi connectivity index (χ0n) is 32.9. The van der Waals surface area contributed by atoms with Gasteiger partial charge in [-0.05, 0) is 97.7 Å². The predicted molar refractivity (Wildman–Crippen MR) is 245 cm³/mol. The summed E-state index contributed by atoms with van der Waals surface area (Å²) in [6, 6.07) is 71.4. The first-order valence-corrected chi connectivity index (χ1v) is 20.3. The molecular formula is C56H39N3. The molecule has 0 unspecified atom stereocenters. The van der Waals surface area contributed by atoms with E-state index in [2.05, 4.69) is 202 Å². The Labute approximate surface area is 344 Å². The molecule has 0 saturated heterocycles. The number of hydrogen-bond acceptors (Lipinski definition) is 3. The number of pyridine rings is 1. The van der Waals surface area contributed by atoms with Crippen molar-refractivity contribution in [3.63, 3.8) is 0 Å². The number of aromatic nitrogens is 3. The van der Waals surface area contributed by atoms with Crippen molar-refractivity contribution in [1.29, 1.82) is 0 Å². The molecule has 3 heteroatoms. The van der Waals surface area contributed by atoms with E-state index in [0.29, 0.717) is 5.82 Å². The molecule has 0 saturated carbocycles. The van der Waals surface area contributed by atoms with Gasteiger partial charge in [-0.25, -0.2) is 15.0 Å². The van der Waals surface area contributed by atoms with Gasteiger partial charge < -0.3 is 0 Å². The van der Waals surface area contributed by atoms with Crippen LogP contribution in [0.1, 0.15) is 25.0 Å². The smallest absolute Gasteiger partial charge is 0.160 e. The van der Waals surface area contributed by atoms with Gasteiger partial charge in [0.25, 0.3) is 0 Å². The van der Waals surface area contributed by atoms with E-state index in [1.54, 1.807) is 0 Å². The van der Waals surface area contributed by atoms with Crippen LogP contribution in [-0.4, -0.2) is 15.0 Å². The highest BCUT2D eigenvalue weighted by molar-refractivity contribution is 6.04. The molecule has 0 amide bonds. The van der Waals surface area contributed by atoms with Gasteiger partial charge in [0.15, 0.2) is 5.82 Å². The van der Waals surface area contributed by atoms with Gasteiger partial charge in [0, 0.05) is 33.1 Å². The summed E-state index contributed by atoms with van der Waals surface area (Å²) in [5, 5.41) is 3.46. The normalized spacial score (nSPS) is 12.7. The van der Waals surface area contributed by atoms with Crippen LogP contribution in [0.15, 0.2) is 200 Å². The molecule has 278 valence electrons. The summed E-state index contributed by atoms with van der Waals surface area (Å²) in [7, 11) is 0. The Morgan fingerprint density at radius 1 is 0.322 bits per heavy atom. The highest BCUT2D eigenvalue weighted by Gasteiger charge is 2.36. The third-order valence-electron chi connectivity index (χ3n) is 12.1. The third kappa shape index (κ3) is 6.02. The summed E-state index contributed by atoms with van der Waals surface area (Å²) in [5.41, 5.74) is 17.6. The van der Waals surface area contributed by atoms with Crippen LogP contribution in [0.4, 0.5) is 0 Å². The summed E-state index contributed by atoms with van der Waals surface area (Å²) in [6.45, 7) is 4.66. The van der Waals surface area contributed by atoms with Crippen molar-refractivity contribution in [2.45, 2.75) is 19.3 Å². The van der Waals surface area contributed by atoms with Crippen molar-refractivity contribution in [3.05, 3.63) is 211 Å². The maximum atomic E-state index is 5.35. The first kappa shape index (κ1) is 34.7. The summed E-state index contributed by atoms with van der Waals surface area (Å²) in [5.74, 6) is 0.693. The molecule has 0 radical (unpaired) electrons. The minimum atomic E-state index is -0.122. The molecule has 2 heterocycles. The molecule has 1 aliphatic rings. The van der Waals surface area contributed by atoms with Crippen LogP contribution < -0.4 is 0 Å². The van der Waals surface area contributed by atoms with Crippen LogP contribution in [0.5, 0.6) is 0 Å². The van der Waals surface area contributed by atoms with Crippen molar-refractivity contribution in [1.82, 2.24) is 15.0 Å². The van der Waals surface area contributed by atoms with Gasteiger partial charge in [0.2, 0.25) is 0 Å². The van der Waals surface area contributed by atoms with E-state index in [4.69, 9.17) is 15.0 Å². The fourth-order valence-electron chi connectivity index (χ4n) is 9.04. The number of hydrogen-bond donors (Lipinski definition) is 0. The van der Waals surface area contributed by atoms with Crippen molar-refractivity contribution < 1.29 is 0 Å². The van der Waals surface area contributed by atoms with Gasteiger partial charge in [-0.2, -0.15) is 0 Å². The molecule has 2 aromatic heterocycles. The lowest BCUT2D eigenvalue weighted by Gasteiger charge is -2.22. The molecular weight excluding hydrogens is 715 g/mol. The Bertz CT molecular complexity index is 3170. The molecule has 0 fully saturated rings. The molecule has 0 spiro atoms. The average Bonchev–Trinajstić information content (AvgIpc) is 3.53. The molecule has 0 N–H and O–H groups in total. The summed E-state index contributed by atoms with van der Waals surface area (Å²) in [6.07, 6.45) is 0. The van der Waals surface area contributed by atoms with Gasteiger partial charge >= 0.3 is 0 Å². The Hall–Kier alpha value is -7.49. The highest BCUT2D eigenvalue weighted by Crippen LogP contribution is 2.51. The second-order valence-electron chi connectivity index (χ2n) is 16.0. The van der Waals surface area contributed by atoms with Crippen LogP contribution in [-0.2, 0) is 5.41 Å². The van der Waals surface area contributed by atoms with Crippen LogP contribution in [0, 0.1) is 0 Å².